The summed E-state index contributed by atoms with van der Waals surface area (Å²) in [4.78, 5) is 11.6. The van der Waals surface area contributed by atoms with E-state index in [9.17, 15) is 4.79 Å². The smallest absolute Gasteiger partial charge is 0.0937 e. The van der Waals surface area contributed by atoms with E-state index in [1.165, 1.54) is 11.5 Å². The summed E-state index contributed by atoms with van der Waals surface area (Å²) < 4.78 is 0. The van der Waals surface area contributed by atoms with Crippen LogP contribution in [-0.4, -0.2) is 6.29 Å². The van der Waals surface area contributed by atoms with Crippen LogP contribution in [0.3, 0.4) is 0 Å². The van der Waals surface area contributed by atoms with E-state index >= 15 is 0 Å². The minimum Gasteiger partial charge on any atom is -0.309 e. The Morgan fingerprint density at radius 3 is 1.86 bits per heavy atom. The van der Waals surface area contributed by atoms with Gasteiger partial charge >= 0.3 is 0 Å². The van der Waals surface area contributed by atoms with Crippen LogP contribution in [0.25, 0.3) is 0 Å². The van der Waals surface area contributed by atoms with E-state index < -0.39 is 0 Å². The van der Waals surface area contributed by atoms with Crippen LogP contribution in [-0.2, 0) is 37.5 Å². The van der Waals surface area contributed by atoms with E-state index in [1.807, 2.05) is 6.07 Å². The summed E-state index contributed by atoms with van der Waals surface area (Å²) in [6.45, 7) is 15.4. The predicted octanol–water partition coefficient (Wildman–Crippen LogP) is 5.27. The second kappa shape index (κ2) is 8.02. The molecule has 0 amide bonds. The Morgan fingerprint density at radius 1 is 1.00 bits per heavy atom. The van der Waals surface area contributed by atoms with Gasteiger partial charge in [-0.1, -0.05) is 65.0 Å². The van der Waals surface area contributed by atoms with Gasteiger partial charge in [0.25, 0.3) is 0 Å². The predicted molar refractivity (Wildman–Crippen MR) is 86.6 cm³/mol. The van der Waals surface area contributed by atoms with Crippen molar-refractivity contribution < 1.29 is 37.5 Å². The first-order chi connectivity index (χ1) is 9.16. The maximum absolute atomic E-state index is 11.6. The summed E-state index contributed by atoms with van der Waals surface area (Å²) in [5.41, 5.74) is 1.25. The van der Waals surface area contributed by atoms with Crippen molar-refractivity contribution in [3.8, 4) is 0 Å². The van der Waals surface area contributed by atoms with Crippen LogP contribution >= 0.6 is 0 Å². The molecule has 1 radical (unpaired) electrons. The molecule has 0 spiro atoms. The zero-order chi connectivity index (χ0) is 15.6. The summed E-state index contributed by atoms with van der Waals surface area (Å²) in [5.74, 6) is 1.57. The molecule has 21 heavy (non-hydrogen) atoms. The molecule has 0 aliphatic heterocycles. The summed E-state index contributed by atoms with van der Waals surface area (Å²) in [6.07, 6.45) is 1.12. The molecule has 0 aromatic heterocycles. The standard InChI is InChI=1S/C19H29O.Y/c1-14(2)17(13-20)19(6,7)18(4,5)15(3)16-11-9-8-10-12-16;/h8-13,15,17H,1-7H3;/q-1;. The first-order valence-corrected chi connectivity index (χ1v) is 7.46. The summed E-state index contributed by atoms with van der Waals surface area (Å²) >= 11 is 0. The van der Waals surface area contributed by atoms with Gasteiger partial charge in [0.15, 0.2) is 0 Å². The molecule has 0 saturated carbocycles. The van der Waals surface area contributed by atoms with E-state index in [0.29, 0.717) is 5.92 Å². The fraction of sp³-hybridized carbons (Fsp3) is 0.579. The maximum atomic E-state index is 11.6. The number of carbonyl (C=O) groups is 1. The minimum atomic E-state index is -0.0944. The fourth-order valence-corrected chi connectivity index (χ4v) is 3.15. The number of aldehydes is 1. The van der Waals surface area contributed by atoms with Crippen molar-refractivity contribution in [1.29, 1.82) is 0 Å². The van der Waals surface area contributed by atoms with Gasteiger partial charge in [0.1, 0.15) is 0 Å². The third-order valence-corrected chi connectivity index (χ3v) is 5.58. The topological polar surface area (TPSA) is 17.1 Å². The van der Waals surface area contributed by atoms with E-state index in [-0.39, 0.29) is 49.5 Å². The Morgan fingerprint density at radius 2 is 1.48 bits per heavy atom. The molecule has 0 aliphatic rings. The zero-order valence-corrected chi connectivity index (χ0v) is 17.4. The molecule has 1 nitrogen and oxygen atoms in total. The molecule has 0 bridgehead atoms. The average molecular weight is 362 g/mol. The Hall–Kier alpha value is -0.00610. The zero-order valence-electron chi connectivity index (χ0n) is 14.6. The maximum Gasteiger partial charge on any atom is 0.0937 e. The van der Waals surface area contributed by atoms with Gasteiger partial charge < -0.3 is 10.7 Å². The third-order valence-electron chi connectivity index (χ3n) is 5.58. The summed E-state index contributed by atoms with van der Waals surface area (Å²) in [7, 11) is 0. The number of rotatable bonds is 6. The van der Waals surface area contributed by atoms with Crippen LogP contribution in [0.2, 0.25) is 0 Å². The third kappa shape index (κ3) is 4.26. The molecule has 0 heterocycles. The molecular formula is C19H29OY-. The van der Waals surface area contributed by atoms with Crippen LogP contribution in [0.4, 0.5) is 0 Å². The van der Waals surface area contributed by atoms with Gasteiger partial charge in [0.05, 0.1) is 6.29 Å². The Labute approximate surface area is 156 Å². The monoisotopic (exact) mass is 362 g/mol. The molecule has 1 aromatic rings. The summed E-state index contributed by atoms with van der Waals surface area (Å²) in [6, 6.07) is 10.6. The van der Waals surface area contributed by atoms with Crippen LogP contribution in [0.5, 0.6) is 0 Å². The van der Waals surface area contributed by atoms with Gasteiger partial charge in [-0.25, -0.2) is 0 Å². The van der Waals surface area contributed by atoms with Crippen molar-refractivity contribution in [3.05, 3.63) is 41.8 Å². The van der Waals surface area contributed by atoms with Crippen LogP contribution in [0.15, 0.2) is 30.3 Å². The number of carbonyl (C=O) groups excluding carboxylic acids is 1. The molecule has 1 rings (SSSR count). The molecule has 0 saturated heterocycles. The first-order valence-electron chi connectivity index (χ1n) is 7.46. The normalized spacial score (nSPS) is 15.2. The molecule has 2 atom stereocenters. The van der Waals surface area contributed by atoms with E-state index in [1.54, 1.807) is 0 Å². The minimum absolute atomic E-state index is 0. The van der Waals surface area contributed by atoms with Gasteiger partial charge in [-0.3, -0.25) is 0 Å². The SMILES string of the molecule is C[C-](C)C(C=O)C(C)(C)C(C)(C)C(C)c1ccccc1.[Y]. The number of benzene rings is 1. The summed E-state index contributed by atoms with van der Waals surface area (Å²) in [5, 5.41) is 0. The van der Waals surface area contributed by atoms with Crippen molar-refractivity contribution in [2.45, 2.75) is 54.4 Å². The largest absolute Gasteiger partial charge is 0.309 e. The second-order valence-electron chi connectivity index (χ2n) is 7.27. The van der Waals surface area contributed by atoms with Crippen molar-refractivity contribution in [3.63, 3.8) is 0 Å². The molecule has 1 aromatic carbocycles. The molecule has 2 unspecified atom stereocenters. The van der Waals surface area contributed by atoms with Crippen LogP contribution in [0, 0.1) is 22.7 Å². The van der Waals surface area contributed by atoms with E-state index in [2.05, 4.69) is 72.7 Å². The van der Waals surface area contributed by atoms with Crippen LogP contribution in [0.1, 0.15) is 59.9 Å². The molecule has 0 fully saturated rings. The Bertz CT molecular complexity index is 434. The van der Waals surface area contributed by atoms with Gasteiger partial charge in [0, 0.05) is 32.7 Å². The second-order valence-corrected chi connectivity index (χ2v) is 7.27. The van der Waals surface area contributed by atoms with Crippen molar-refractivity contribution in [2.24, 2.45) is 16.7 Å². The van der Waals surface area contributed by atoms with Gasteiger partial charge in [0.2, 0.25) is 0 Å². The molecule has 0 aliphatic carbocycles. The van der Waals surface area contributed by atoms with Gasteiger partial charge in [-0.2, -0.15) is 13.8 Å². The average Bonchev–Trinajstić information content (AvgIpc) is 2.38. The van der Waals surface area contributed by atoms with Crippen molar-refractivity contribution in [2.75, 3.05) is 0 Å². The molecule has 115 valence electrons. The van der Waals surface area contributed by atoms with Crippen molar-refractivity contribution in [1.82, 2.24) is 0 Å². The first kappa shape index (κ1) is 21.0. The van der Waals surface area contributed by atoms with Gasteiger partial charge in [-0.05, 0) is 22.3 Å². The van der Waals surface area contributed by atoms with Crippen molar-refractivity contribution >= 4 is 6.29 Å². The molecular weight excluding hydrogens is 333 g/mol. The van der Waals surface area contributed by atoms with Gasteiger partial charge in [-0.15, -0.1) is 5.92 Å². The number of hydrogen-bond donors (Lipinski definition) is 0. The van der Waals surface area contributed by atoms with E-state index in [4.69, 9.17) is 0 Å². The quantitative estimate of drug-likeness (QED) is 0.498. The Balaban J connectivity index is 0.00000400. The Kier molecular flexibility index (Phi) is 8.02. The molecule has 2 heteroatoms. The van der Waals surface area contributed by atoms with Crippen LogP contribution < -0.4 is 0 Å². The molecule has 0 N–H and O–H groups in total. The fourth-order valence-electron chi connectivity index (χ4n) is 3.15. The van der Waals surface area contributed by atoms with E-state index in [0.717, 1.165) is 6.29 Å². The number of hydrogen-bond acceptors (Lipinski definition) is 1.